The number of hydroxylamine groups is 1. The fourth-order valence-corrected chi connectivity index (χ4v) is 1.12. The van der Waals surface area contributed by atoms with Crippen molar-refractivity contribution in [1.29, 1.82) is 0 Å². The molecule has 0 saturated heterocycles. The Morgan fingerprint density at radius 1 is 1.27 bits per heavy atom. The van der Waals surface area contributed by atoms with E-state index in [-0.39, 0.29) is 18.2 Å². The molecule has 0 atom stereocenters. The average molecular weight is 230 g/mol. The van der Waals surface area contributed by atoms with E-state index in [0.717, 1.165) is 5.56 Å². The van der Waals surface area contributed by atoms with Gasteiger partial charge < -0.3 is 5.21 Å². The van der Waals surface area contributed by atoms with Crippen molar-refractivity contribution in [3.8, 4) is 0 Å². The van der Waals surface area contributed by atoms with Crippen molar-refractivity contribution < 1.29 is 10.0 Å². The van der Waals surface area contributed by atoms with Crippen LogP contribution in [0.4, 0.5) is 0 Å². The number of benzene rings is 1. The van der Waals surface area contributed by atoms with Crippen LogP contribution < -0.4 is 5.48 Å². The van der Waals surface area contributed by atoms with Crippen molar-refractivity contribution in [2.45, 2.75) is 26.3 Å². The van der Waals surface area contributed by atoms with Crippen LogP contribution in [0.25, 0.3) is 0 Å². The first kappa shape index (κ1) is 14.1. The summed E-state index contributed by atoms with van der Waals surface area (Å²) >= 11 is 0. The molecular weight excluding hydrogens is 214 g/mol. The topological polar surface area (TPSA) is 49.3 Å². The molecule has 0 spiro atoms. The van der Waals surface area contributed by atoms with Crippen molar-refractivity contribution in [2.24, 2.45) is 0 Å². The molecule has 2 N–H and O–H groups in total. The fraction of sp³-hybridized carbons (Fsp3) is 0.364. The molecule has 0 aromatic heterocycles. The Balaban J connectivity index is 0.00000196. The Morgan fingerprint density at radius 3 is 2.13 bits per heavy atom. The van der Waals surface area contributed by atoms with Gasteiger partial charge in [-0.15, -0.1) is 12.4 Å². The first-order valence-corrected chi connectivity index (χ1v) is 4.50. The number of rotatable bonds is 3. The van der Waals surface area contributed by atoms with E-state index >= 15 is 0 Å². The summed E-state index contributed by atoms with van der Waals surface area (Å²) in [6, 6.07) is 7.27. The van der Waals surface area contributed by atoms with E-state index in [1.165, 1.54) is 0 Å². The summed E-state index contributed by atoms with van der Waals surface area (Å²) < 4.78 is 0. The fourth-order valence-electron chi connectivity index (χ4n) is 1.12. The lowest BCUT2D eigenvalue weighted by Crippen LogP contribution is -2.44. The molecule has 0 saturated carbocycles. The molecule has 0 aliphatic heterocycles. The molecule has 1 rings (SSSR count). The second-order valence-corrected chi connectivity index (χ2v) is 3.93. The van der Waals surface area contributed by atoms with Gasteiger partial charge in [0.1, 0.15) is 5.54 Å². The molecule has 0 radical (unpaired) electrons. The van der Waals surface area contributed by atoms with E-state index in [4.69, 9.17) is 5.21 Å². The summed E-state index contributed by atoms with van der Waals surface area (Å²) in [6.45, 7) is 5.23. The number of carbonyl (C=O) groups excluding carboxylic acids is 1. The maximum Gasteiger partial charge on any atom is 0.184 e. The maximum atomic E-state index is 11.8. The molecule has 3 nitrogen and oxygen atoms in total. The van der Waals surface area contributed by atoms with E-state index in [1.54, 1.807) is 26.0 Å². The van der Waals surface area contributed by atoms with Crippen LogP contribution in [-0.2, 0) is 0 Å². The van der Waals surface area contributed by atoms with Crippen LogP contribution in [0.15, 0.2) is 24.3 Å². The minimum Gasteiger partial charge on any atom is -0.316 e. The zero-order valence-corrected chi connectivity index (χ0v) is 9.89. The smallest absolute Gasteiger partial charge is 0.184 e. The Bertz CT molecular complexity index is 333. The van der Waals surface area contributed by atoms with Crippen LogP contribution in [0, 0.1) is 6.92 Å². The minimum absolute atomic E-state index is 0. The molecule has 0 fully saturated rings. The number of ketones is 1. The molecule has 1 aromatic carbocycles. The van der Waals surface area contributed by atoms with Gasteiger partial charge in [0.2, 0.25) is 0 Å². The lowest BCUT2D eigenvalue weighted by molar-refractivity contribution is 0.0569. The minimum atomic E-state index is -0.935. The van der Waals surface area contributed by atoms with Crippen molar-refractivity contribution in [1.82, 2.24) is 5.48 Å². The number of hydrogen-bond acceptors (Lipinski definition) is 3. The first-order valence-electron chi connectivity index (χ1n) is 4.50. The highest BCUT2D eigenvalue weighted by atomic mass is 35.5. The Labute approximate surface area is 95.9 Å². The van der Waals surface area contributed by atoms with Gasteiger partial charge in [0.25, 0.3) is 0 Å². The Hall–Kier alpha value is -0.900. The molecule has 84 valence electrons. The molecule has 0 unspecified atom stereocenters. The van der Waals surface area contributed by atoms with Gasteiger partial charge >= 0.3 is 0 Å². The molecule has 0 heterocycles. The Kier molecular flexibility index (Phi) is 4.94. The summed E-state index contributed by atoms with van der Waals surface area (Å²) in [7, 11) is 0. The average Bonchev–Trinajstić information content (AvgIpc) is 2.18. The zero-order valence-electron chi connectivity index (χ0n) is 9.07. The monoisotopic (exact) mass is 229 g/mol. The predicted molar refractivity (Wildman–Crippen MR) is 61.8 cm³/mol. The van der Waals surface area contributed by atoms with E-state index in [0.29, 0.717) is 5.56 Å². The molecule has 4 heteroatoms. The van der Waals surface area contributed by atoms with Gasteiger partial charge in [0.15, 0.2) is 5.78 Å². The third kappa shape index (κ3) is 3.30. The van der Waals surface area contributed by atoms with Crippen molar-refractivity contribution in [2.75, 3.05) is 0 Å². The largest absolute Gasteiger partial charge is 0.316 e. The summed E-state index contributed by atoms with van der Waals surface area (Å²) in [6.07, 6.45) is 0. The SMILES string of the molecule is Cc1ccc(C(=O)C(C)(C)NO)cc1.Cl. The number of hydrogen-bond donors (Lipinski definition) is 2. The lowest BCUT2D eigenvalue weighted by atomic mass is 9.94. The molecule has 0 bridgehead atoms. The van der Waals surface area contributed by atoms with Crippen molar-refractivity contribution in [3.05, 3.63) is 35.4 Å². The number of Topliss-reactive ketones (excluding diaryl/α,β-unsaturated/α-hetero) is 1. The molecule has 0 amide bonds. The van der Waals surface area contributed by atoms with Gasteiger partial charge in [-0.2, -0.15) is 5.48 Å². The number of aryl methyl sites for hydroxylation is 1. The van der Waals surface area contributed by atoms with Gasteiger partial charge in [0, 0.05) is 5.56 Å². The number of halogens is 1. The van der Waals surface area contributed by atoms with Gasteiger partial charge in [-0.1, -0.05) is 29.8 Å². The maximum absolute atomic E-state index is 11.8. The predicted octanol–water partition coefficient (Wildman–Crippen LogP) is 2.36. The second-order valence-electron chi connectivity index (χ2n) is 3.93. The number of nitrogens with one attached hydrogen (secondary N) is 1. The van der Waals surface area contributed by atoms with Crippen molar-refractivity contribution in [3.63, 3.8) is 0 Å². The molecule has 0 aliphatic rings. The van der Waals surface area contributed by atoms with E-state index in [9.17, 15) is 4.79 Å². The van der Waals surface area contributed by atoms with Crippen LogP contribution in [0.5, 0.6) is 0 Å². The van der Waals surface area contributed by atoms with Gasteiger partial charge in [-0.05, 0) is 20.8 Å². The van der Waals surface area contributed by atoms with E-state index in [2.05, 4.69) is 0 Å². The molecule has 1 aromatic rings. The highest BCUT2D eigenvalue weighted by Crippen LogP contribution is 2.12. The van der Waals surface area contributed by atoms with Crippen LogP contribution in [0.1, 0.15) is 29.8 Å². The first-order chi connectivity index (χ1) is 6.47. The third-order valence-electron chi connectivity index (χ3n) is 2.16. The highest BCUT2D eigenvalue weighted by Gasteiger charge is 2.27. The quantitative estimate of drug-likeness (QED) is 0.618. The second kappa shape index (κ2) is 5.26. The van der Waals surface area contributed by atoms with Gasteiger partial charge in [-0.25, -0.2) is 0 Å². The van der Waals surface area contributed by atoms with Crippen molar-refractivity contribution >= 4 is 18.2 Å². The Morgan fingerprint density at radius 2 is 1.73 bits per heavy atom. The normalized spacial score (nSPS) is 10.7. The summed E-state index contributed by atoms with van der Waals surface area (Å²) in [5.41, 5.74) is 2.78. The molecule has 15 heavy (non-hydrogen) atoms. The van der Waals surface area contributed by atoms with E-state index in [1.807, 2.05) is 24.5 Å². The van der Waals surface area contributed by atoms with Gasteiger partial charge in [0.05, 0.1) is 0 Å². The zero-order chi connectivity index (χ0) is 10.8. The molecular formula is C11H16ClNO2. The van der Waals surface area contributed by atoms with Crippen LogP contribution in [0.2, 0.25) is 0 Å². The summed E-state index contributed by atoms with van der Waals surface area (Å²) in [4.78, 5) is 11.8. The molecule has 0 aliphatic carbocycles. The summed E-state index contributed by atoms with van der Waals surface area (Å²) in [5.74, 6) is -0.125. The summed E-state index contributed by atoms with van der Waals surface area (Å²) in [5, 5.41) is 8.81. The lowest BCUT2D eigenvalue weighted by Gasteiger charge is -2.20. The van der Waals surface area contributed by atoms with Crippen LogP contribution >= 0.6 is 12.4 Å². The highest BCUT2D eigenvalue weighted by molar-refractivity contribution is 6.02. The van der Waals surface area contributed by atoms with E-state index < -0.39 is 5.54 Å². The van der Waals surface area contributed by atoms with Crippen LogP contribution in [-0.4, -0.2) is 16.5 Å². The standard InChI is InChI=1S/C11H15NO2.ClH/c1-8-4-6-9(7-5-8)10(13)11(2,3)12-14;/h4-7,12,14H,1-3H3;1H. The third-order valence-corrected chi connectivity index (χ3v) is 2.16. The number of carbonyl (C=O) groups is 1. The van der Waals surface area contributed by atoms with Crippen LogP contribution in [0.3, 0.4) is 0 Å². The van der Waals surface area contributed by atoms with Gasteiger partial charge in [-0.3, -0.25) is 4.79 Å².